The van der Waals surface area contributed by atoms with Gasteiger partial charge in [0, 0.05) is 43.1 Å². The SMILES string of the molecule is CC1O[C@@H](OC2C(O)C[C@H](OC3C(O)C[C@H](OC4CC[C@@]5(C)[C@H](CC[C@@H]6[C@@H]5CC[C@]5(C)[C@@H](C7=CC(=O)OC7)[C@@H](O)C[C@]65O)C4)OC3C)OC2C)CC(O)C1O. The summed E-state index contributed by atoms with van der Waals surface area (Å²) in [6.07, 6.45) is -1.26. The molecule has 8 aliphatic rings. The highest BCUT2D eigenvalue weighted by molar-refractivity contribution is 5.85. The van der Waals surface area contributed by atoms with Gasteiger partial charge in [-0.05, 0) is 94.5 Å². The highest BCUT2D eigenvalue weighted by atomic mass is 16.7. The van der Waals surface area contributed by atoms with Crippen molar-refractivity contribution in [3.05, 3.63) is 11.6 Å². The molecule has 312 valence electrons. The normalized spacial score (nSPS) is 55.5. The van der Waals surface area contributed by atoms with Crippen LogP contribution in [0.2, 0.25) is 0 Å². The van der Waals surface area contributed by atoms with E-state index in [0.717, 1.165) is 50.5 Å². The van der Waals surface area contributed by atoms with Gasteiger partial charge in [-0.2, -0.15) is 0 Å². The minimum Gasteiger partial charge on any atom is -0.458 e. The van der Waals surface area contributed by atoms with Crippen LogP contribution in [-0.2, 0) is 38.0 Å². The highest BCUT2D eigenvalue weighted by Crippen LogP contribution is 2.70. The number of fused-ring (bicyclic) bond motifs is 5. The molecule has 7 fully saturated rings. The number of hydrogen-bond donors (Lipinski definition) is 6. The second kappa shape index (κ2) is 15.1. The van der Waals surface area contributed by atoms with Crippen LogP contribution in [-0.4, -0.2) is 135 Å². The molecule has 4 saturated carbocycles. The lowest BCUT2D eigenvalue weighted by atomic mass is 9.43. The van der Waals surface area contributed by atoms with Crippen molar-refractivity contribution < 1.29 is 68.6 Å². The first-order valence-electron chi connectivity index (χ1n) is 20.9. The zero-order chi connectivity index (χ0) is 39.2. The number of aliphatic hydroxyl groups excluding tert-OH is 5. The third-order valence-corrected chi connectivity index (χ3v) is 15.8. The minimum absolute atomic E-state index is 0.0203. The lowest BCUT2D eigenvalue weighted by Crippen LogP contribution is -2.62. The summed E-state index contributed by atoms with van der Waals surface area (Å²) < 4.78 is 42.1. The Morgan fingerprint density at radius 2 is 1.29 bits per heavy atom. The number of aliphatic hydroxyl groups is 6. The van der Waals surface area contributed by atoms with Gasteiger partial charge in [0.25, 0.3) is 0 Å². The number of esters is 1. The minimum atomic E-state index is -1.01. The van der Waals surface area contributed by atoms with Crippen LogP contribution in [0.5, 0.6) is 0 Å². The zero-order valence-corrected chi connectivity index (χ0v) is 32.9. The molecule has 0 aromatic heterocycles. The molecular weight excluding hydrogens is 716 g/mol. The number of carbonyl (C=O) groups excluding carboxylic acids is 1. The maximum absolute atomic E-state index is 12.6. The van der Waals surface area contributed by atoms with E-state index in [0.29, 0.717) is 18.3 Å². The molecule has 3 saturated heterocycles. The predicted molar refractivity (Wildman–Crippen MR) is 193 cm³/mol. The van der Waals surface area contributed by atoms with E-state index in [1.165, 1.54) is 6.08 Å². The quantitative estimate of drug-likeness (QED) is 0.162. The monoisotopic (exact) mass is 780 g/mol. The fourth-order valence-corrected chi connectivity index (χ4v) is 12.9. The molecular formula is C41H64O14. The molecule has 0 radical (unpaired) electrons. The summed E-state index contributed by atoms with van der Waals surface area (Å²) in [4.78, 5) is 12.0. The summed E-state index contributed by atoms with van der Waals surface area (Å²) in [5.74, 6) is 0.174. The van der Waals surface area contributed by atoms with E-state index in [-0.39, 0.29) is 55.2 Å². The molecule has 10 unspecified atom stereocenters. The molecule has 0 amide bonds. The Morgan fingerprint density at radius 1 is 0.691 bits per heavy atom. The van der Waals surface area contributed by atoms with Crippen molar-refractivity contribution in [3.63, 3.8) is 0 Å². The summed E-state index contributed by atoms with van der Waals surface area (Å²) in [5, 5.41) is 66.3. The van der Waals surface area contributed by atoms with Gasteiger partial charge >= 0.3 is 5.97 Å². The zero-order valence-electron chi connectivity index (χ0n) is 32.9. The van der Waals surface area contributed by atoms with Crippen LogP contribution >= 0.6 is 0 Å². The Labute approximate surface area is 323 Å². The molecule has 0 bridgehead atoms. The van der Waals surface area contributed by atoms with Gasteiger partial charge in [-0.3, -0.25) is 0 Å². The molecule has 14 heteroatoms. The fourth-order valence-electron chi connectivity index (χ4n) is 12.9. The van der Waals surface area contributed by atoms with Crippen LogP contribution < -0.4 is 0 Å². The van der Waals surface area contributed by atoms with Crippen LogP contribution in [0.4, 0.5) is 0 Å². The topological polar surface area (TPSA) is 203 Å². The molecule has 0 spiro atoms. The lowest BCUT2D eigenvalue weighted by Gasteiger charge is -2.63. The van der Waals surface area contributed by atoms with Gasteiger partial charge < -0.3 is 63.8 Å². The molecule has 0 aromatic carbocycles. The van der Waals surface area contributed by atoms with Gasteiger partial charge in [-0.1, -0.05) is 13.8 Å². The molecule has 8 rings (SSSR count). The third-order valence-electron chi connectivity index (χ3n) is 15.8. The van der Waals surface area contributed by atoms with Gasteiger partial charge in [-0.15, -0.1) is 0 Å². The third kappa shape index (κ3) is 7.05. The molecule has 55 heavy (non-hydrogen) atoms. The summed E-state index contributed by atoms with van der Waals surface area (Å²) in [7, 11) is 0. The van der Waals surface area contributed by atoms with Crippen LogP contribution in [0.3, 0.4) is 0 Å². The molecule has 14 nitrogen and oxygen atoms in total. The Morgan fingerprint density at radius 3 is 1.87 bits per heavy atom. The van der Waals surface area contributed by atoms with Crippen LogP contribution in [0.15, 0.2) is 11.6 Å². The van der Waals surface area contributed by atoms with Crippen molar-refractivity contribution in [2.45, 2.75) is 197 Å². The fraction of sp³-hybridized carbons (Fsp3) is 0.927. The maximum Gasteiger partial charge on any atom is 0.331 e. The van der Waals surface area contributed by atoms with Crippen molar-refractivity contribution in [2.24, 2.45) is 34.5 Å². The smallest absolute Gasteiger partial charge is 0.331 e. The molecule has 0 aromatic rings. The van der Waals surface area contributed by atoms with Crippen molar-refractivity contribution in [1.29, 1.82) is 0 Å². The van der Waals surface area contributed by atoms with Crippen molar-refractivity contribution in [2.75, 3.05) is 6.61 Å². The van der Waals surface area contributed by atoms with E-state index >= 15 is 0 Å². The molecule has 4 heterocycles. The average Bonchev–Trinajstić information content (AvgIpc) is 3.62. The van der Waals surface area contributed by atoms with E-state index in [2.05, 4.69) is 13.8 Å². The summed E-state index contributed by atoms with van der Waals surface area (Å²) in [6, 6.07) is 0. The number of hydrogen-bond acceptors (Lipinski definition) is 14. The molecule has 4 aliphatic carbocycles. The number of cyclic esters (lactones) is 1. The van der Waals surface area contributed by atoms with Crippen molar-refractivity contribution >= 4 is 5.97 Å². The first-order chi connectivity index (χ1) is 26.0. The van der Waals surface area contributed by atoms with Crippen LogP contribution in [0.1, 0.15) is 105 Å². The van der Waals surface area contributed by atoms with Gasteiger partial charge in [0.15, 0.2) is 18.9 Å². The van der Waals surface area contributed by atoms with Gasteiger partial charge in [0.1, 0.15) is 24.9 Å². The van der Waals surface area contributed by atoms with Crippen molar-refractivity contribution in [3.8, 4) is 0 Å². The highest BCUT2D eigenvalue weighted by Gasteiger charge is 2.70. The van der Waals surface area contributed by atoms with Crippen LogP contribution in [0, 0.1) is 34.5 Å². The first-order valence-corrected chi connectivity index (χ1v) is 20.9. The second-order valence-electron chi connectivity index (χ2n) is 18.9. The Kier molecular flexibility index (Phi) is 11.1. The standard InChI is InChI=1S/C41H64O14/c1-19-36(47)27(42)14-33(50-19)54-38-21(3)52-34(16-29(38)44)55-37-20(2)51-32(15-28(37)43)53-24-8-10-39(4)23(13-24)6-7-26-25(39)9-11-40(5)35(22-12-31(46)49-18-22)30(45)17-41(26,40)48/h12,19-21,23-30,32-38,42-45,47-48H,6-11,13-18H2,1-5H3/t19?,20?,21?,23-,24?,25+,26-,27?,28?,29?,30+,32+,33+,34+,35+,36?,37?,38?,39+,40-,41+/m1/s1. The van der Waals surface area contributed by atoms with Gasteiger partial charge in [0.2, 0.25) is 0 Å². The number of ether oxygens (including phenoxy) is 7. The van der Waals surface area contributed by atoms with Gasteiger partial charge in [-0.25, -0.2) is 4.79 Å². The molecule has 4 aliphatic heterocycles. The summed E-state index contributed by atoms with van der Waals surface area (Å²) >= 11 is 0. The average molecular weight is 781 g/mol. The summed E-state index contributed by atoms with van der Waals surface area (Å²) in [5.41, 5.74) is -0.686. The van der Waals surface area contributed by atoms with E-state index in [1.54, 1.807) is 13.8 Å². The van der Waals surface area contributed by atoms with E-state index < -0.39 is 90.9 Å². The van der Waals surface area contributed by atoms with Crippen molar-refractivity contribution in [1.82, 2.24) is 0 Å². The first kappa shape index (κ1) is 40.5. The Balaban J connectivity index is 0.834. The van der Waals surface area contributed by atoms with E-state index in [1.807, 2.05) is 6.92 Å². The van der Waals surface area contributed by atoms with E-state index in [9.17, 15) is 35.4 Å². The summed E-state index contributed by atoms with van der Waals surface area (Å²) in [6.45, 7) is 9.98. The van der Waals surface area contributed by atoms with Gasteiger partial charge in [0.05, 0.1) is 54.4 Å². The Bertz CT molecular complexity index is 1410. The maximum atomic E-state index is 12.6. The molecule has 6 N–H and O–H groups in total. The number of carbonyl (C=O) groups is 1. The molecule has 21 atom stereocenters. The lowest BCUT2D eigenvalue weighted by molar-refractivity contribution is -0.336. The van der Waals surface area contributed by atoms with Crippen LogP contribution in [0.25, 0.3) is 0 Å². The predicted octanol–water partition coefficient (Wildman–Crippen LogP) is 2.22. The Hall–Kier alpha value is -1.27. The largest absolute Gasteiger partial charge is 0.458 e. The van der Waals surface area contributed by atoms with E-state index in [4.69, 9.17) is 33.2 Å². The number of rotatable bonds is 7. The second-order valence-corrected chi connectivity index (χ2v) is 18.9.